The Morgan fingerprint density at radius 2 is 1.89 bits per heavy atom. The second-order valence-corrected chi connectivity index (χ2v) is 10.3. The molecule has 2 fully saturated rings. The molecule has 1 aliphatic carbocycles. The number of nitriles is 1. The van der Waals surface area contributed by atoms with Crippen molar-refractivity contribution in [2.75, 3.05) is 5.32 Å². The third-order valence-corrected chi connectivity index (χ3v) is 8.37. The number of anilines is 1. The molecule has 3 rings (SSSR count). The predicted molar refractivity (Wildman–Crippen MR) is 104 cm³/mol. The highest BCUT2D eigenvalue weighted by Crippen LogP contribution is 2.30. The number of halogens is 1. The van der Waals surface area contributed by atoms with Gasteiger partial charge in [0.15, 0.2) is 0 Å². The largest absolute Gasteiger partial charge is 0.382 e. The first-order valence-corrected chi connectivity index (χ1v) is 11.3. The lowest BCUT2D eigenvalue weighted by Crippen LogP contribution is -2.47. The van der Waals surface area contributed by atoms with Crippen molar-refractivity contribution in [2.45, 2.75) is 76.3 Å². The van der Waals surface area contributed by atoms with E-state index in [-0.39, 0.29) is 30.4 Å². The molecule has 1 aromatic rings. The Balaban J connectivity index is 1.67. The molecule has 2 atom stereocenters. The quantitative estimate of drug-likeness (QED) is 0.838. The van der Waals surface area contributed by atoms with Crippen LogP contribution in [0.25, 0.3) is 0 Å². The van der Waals surface area contributed by atoms with E-state index in [0.717, 1.165) is 32.1 Å². The molecule has 148 valence electrons. The molecule has 7 heteroatoms. The highest BCUT2D eigenvalue weighted by Gasteiger charge is 2.37. The summed E-state index contributed by atoms with van der Waals surface area (Å²) in [5, 5.41) is 11.9. The molecular formula is C20H28FN3O2S. The zero-order valence-corrected chi connectivity index (χ0v) is 16.8. The zero-order chi connectivity index (χ0) is 19.6. The highest BCUT2D eigenvalue weighted by atomic mass is 32.2. The summed E-state index contributed by atoms with van der Waals surface area (Å²) >= 11 is 0. The Morgan fingerprint density at radius 1 is 1.19 bits per heavy atom. The summed E-state index contributed by atoms with van der Waals surface area (Å²) in [4.78, 5) is 0. The van der Waals surface area contributed by atoms with E-state index < -0.39 is 15.3 Å². The Hall–Kier alpha value is -1.65. The number of nitrogens with zero attached hydrogens (tertiary/aromatic N) is 2. The van der Waals surface area contributed by atoms with Gasteiger partial charge in [-0.05, 0) is 64.5 Å². The van der Waals surface area contributed by atoms with Crippen molar-refractivity contribution in [3.05, 3.63) is 29.6 Å². The minimum atomic E-state index is -3.38. The molecule has 1 heterocycles. The van der Waals surface area contributed by atoms with Crippen LogP contribution < -0.4 is 5.32 Å². The molecule has 1 N–H and O–H groups in total. The van der Waals surface area contributed by atoms with Crippen LogP contribution in [0.1, 0.15) is 57.9 Å². The molecule has 0 spiro atoms. The Labute approximate surface area is 161 Å². The van der Waals surface area contributed by atoms with E-state index in [1.807, 2.05) is 13.0 Å². The smallest absolute Gasteiger partial charge is 0.217 e. The summed E-state index contributed by atoms with van der Waals surface area (Å²) < 4.78 is 41.3. The molecular weight excluding hydrogens is 365 g/mol. The Bertz CT molecular complexity index is 813. The standard InChI is InChI=1S/C20H28FN3O2S/c1-14-3-4-15(2)27(25,26)24(14)13-17-7-10-19(11-20(17)21)23-18-8-5-16(12-22)6-9-18/h7,10-11,14-16,18,23H,3-6,8-9,13H2,1-2H3/t14-,15?,16?,18?/m0/s1. The van der Waals surface area contributed by atoms with E-state index in [2.05, 4.69) is 11.4 Å². The first-order chi connectivity index (χ1) is 12.8. The fraction of sp³-hybridized carbons (Fsp3) is 0.650. The minimum absolute atomic E-state index is 0.0766. The summed E-state index contributed by atoms with van der Waals surface area (Å²) in [5.41, 5.74) is 1.11. The molecule has 1 aliphatic heterocycles. The number of hydrogen-bond donors (Lipinski definition) is 1. The number of hydrogen-bond acceptors (Lipinski definition) is 4. The molecule has 1 saturated heterocycles. The van der Waals surface area contributed by atoms with Gasteiger partial charge in [0.1, 0.15) is 5.82 Å². The van der Waals surface area contributed by atoms with E-state index in [1.165, 1.54) is 10.4 Å². The van der Waals surface area contributed by atoms with E-state index >= 15 is 0 Å². The number of nitrogens with one attached hydrogen (secondary N) is 1. The van der Waals surface area contributed by atoms with Crippen LogP contribution in [0.4, 0.5) is 10.1 Å². The monoisotopic (exact) mass is 393 g/mol. The second kappa shape index (κ2) is 8.15. The first-order valence-electron chi connectivity index (χ1n) is 9.76. The summed E-state index contributed by atoms with van der Waals surface area (Å²) in [5.74, 6) is -0.246. The summed E-state index contributed by atoms with van der Waals surface area (Å²) in [6.45, 7) is 3.68. The van der Waals surface area contributed by atoms with Gasteiger partial charge in [0, 0.05) is 35.8 Å². The van der Waals surface area contributed by atoms with Gasteiger partial charge in [-0.3, -0.25) is 0 Å². The van der Waals surface area contributed by atoms with Crippen LogP contribution in [-0.4, -0.2) is 30.1 Å². The van der Waals surface area contributed by atoms with Crippen LogP contribution in [0.3, 0.4) is 0 Å². The fourth-order valence-corrected chi connectivity index (χ4v) is 5.85. The zero-order valence-electron chi connectivity index (χ0n) is 16.0. The highest BCUT2D eigenvalue weighted by molar-refractivity contribution is 7.89. The predicted octanol–water partition coefficient (Wildman–Crippen LogP) is 4.02. The van der Waals surface area contributed by atoms with Crippen LogP contribution in [0.2, 0.25) is 0 Å². The van der Waals surface area contributed by atoms with Gasteiger partial charge in [0.25, 0.3) is 0 Å². The first kappa shape index (κ1) is 20.1. The molecule has 0 aromatic heterocycles. The lowest BCUT2D eigenvalue weighted by atomic mass is 9.87. The maximum Gasteiger partial charge on any atom is 0.217 e. The van der Waals surface area contributed by atoms with Gasteiger partial charge in [-0.25, -0.2) is 12.8 Å². The van der Waals surface area contributed by atoms with E-state index in [9.17, 15) is 12.8 Å². The molecule has 0 amide bonds. The Kier molecular flexibility index (Phi) is 6.07. The van der Waals surface area contributed by atoms with Crippen molar-refractivity contribution >= 4 is 15.7 Å². The average Bonchev–Trinajstić information content (AvgIpc) is 2.64. The van der Waals surface area contributed by atoms with Crippen molar-refractivity contribution in [3.63, 3.8) is 0 Å². The van der Waals surface area contributed by atoms with Crippen LogP contribution in [0.15, 0.2) is 18.2 Å². The molecule has 0 radical (unpaired) electrons. The normalized spacial score (nSPS) is 31.2. The molecule has 1 aromatic carbocycles. The number of sulfonamides is 1. The third-order valence-electron chi connectivity index (χ3n) is 5.98. The summed E-state index contributed by atoms with van der Waals surface area (Å²) in [6.07, 6.45) is 5.01. The van der Waals surface area contributed by atoms with Crippen LogP contribution in [0.5, 0.6) is 0 Å². The third kappa shape index (κ3) is 4.44. The van der Waals surface area contributed by atoms with Gasteiger partial charge < -0.3 is 5.32 Å². The van der Waals surface area contributed by atoms with E-state index in [1.54, 1.807) is 13.0 Å². The molecule has 0 bridgehead atoms. The lowest BCUT2D eigenvalue weighted by Gasteiger charge is -2.36. The van der Waals surface area contributed by atoms with E-state index in [4.69, 9.17) is 5.26 Å². The molecule has 2 aliphatic rings. The molecule has 1 unspecified atom stereocenters. The van der Waals surface area contributed by atoms with Gasteiger partial charge in [0.05, 0.1) is 11.3 Å². The second-order valence-electron chi connectivity index (χ2n) is 7.96. The van der Waals surface area contributed by atoms with Gasteiger partial charge in [-0.15, -0.1) is 0 Å². The van der Waals surface area contributed by atoms with Crippen molar-refractivity contribution < 1.29 is 12.8 Å². The Morgan fingerprint density at radius 3 is 2.52 bits per heavy atom. The van der Waals surface area contributed by atoms with Crippen LogP contribution in [0, 0.1) is 23.1 Å². The van der Waals surface area contributed by atoms with Gasteiger partial charge in [0.2, 0.25) is 10.0 Å². The molecule has 5 nitrogen and oxygen atoms in total. The maximum atomic E-state index is 14.6. The van der Waals surface area contributed by atoms with Crippen molar-refractivity contribution in [3.8, 4) is 6.07 Å². The van der Waals surface area contributed by atoms with Gasteiger partial charge >= 0.3 is 0 Å². The average molecular weight is 394 g/mol. The SMILES string of the molecule is CC1CC[C@H](C)N(Cc2ccc(NC3CCC(C#N)CC3)cc2F)S1(=O)=O. The van der Waals surface area contributed by atoms with Crippen molar-refractivity contribution in [2.24, 2.45) is 5.92 Å². The minimum Gasteiger partial charge on any atom is -0.382 e. The van der Waals surface area contributed by atoms with Crippen molar-refractivity contribution in [1.29, 1.82) is 5.26 Å². The van der Waals surface area contributed by atoms with Gasteiger partial charge in [-0.1, -0.05) is 6.07 Å². The van der Waals surface area contributed by atoms with Crippen LogP contribution >= 0.6 is 0 Å². The van der Waals surface area contributed by atoms with Crippen molar-refractivity contribution in [1.82, 2.24) is 4.31 Å². The topological polar surface area (TPSA) is 73.2 Å². The summed E-state index contributed by atoms with van der Waals surface area (Å²) in [6, 6.07) is 7.41. The number of rotatable bonds is 4. The van der Waals surface area contributed by atoms with E-state index in [0.29, 0.717) is 17.7 Å². The fourth-order valence-electron chi connectivity index (χ4n) is 4.03. The lowest BCUT2D eigenvalue weighted by molar-refractivity contribution is 0.281. The van der Waals surface area contributed by atoms with Crippen LogP contribution in [-0.2, 0) is 16.6 Å². The number of benzene rings is 1. The summed E-state index contributed by atoms with van der Waals surface area (Å²) in [7, 11) is -3.38. The maximum absolute atomic E-state index is 14.6. The van der Waals surface area contributed by atoms with Gasteiger partial charge in [-0.2, -0.15) is 9.57 Å². The molecule has 27 heavy (non-hydrogen) atoms. The molecule has 1 saturated carbocycles.